The molecule has 1 unspecified atom stereocenters. The zero-order chi connectivity index (χ0) is 12.3. The van der Waals surface area contributed by atoms with Crippen molar-refractivity contribution < 1.29 is 0 Å². The van der Waals surface area contributed by atoms with Gasteiger partial charge in [0.2, 0.25) is 0 Å². The molecule has 17 heavy (non-hydrogen) atoms. The summed E-state index contributed by atoms with van der Waals surface area (Å²) in [6, 6.07) is 4.25. The van der Waals surface area contributed by atoms with Crippen molar-refractivity contribution in [3.8, 4) is 11.4 Å². The average Bonchev–Trinajstić information content (AvgIpc) is 2.73. The van der Waals surface area contributed by atoms with E-state index in [1.165, 1.54) is 0 Å². The third-order valence-electron chi connectivity index (χ3n) is 2.79. The fourth-order valence-electron chi connectivity index (χ4n) is 1.97. The van der Waals surface area contributed by atoms with Gasteiger partial charge in [0, 0.05) is 24.0 Å². The molecule has 0 spiro atoms. The normalized spacial score (nSPS) is 12.6. The third kappa shape index (κ3) is 2.44. The predicted molar refractivity (Wildman–Crippen MR) is 70.3 cm³/mol. The minimum absolute atomic E-state index is 0.356. The van der Waals surface area contributed by atoms with E-state index in [0.717, 1.165) is 24.2 Å². The van der Waals surface area contributed by atoms with E-state index < -0.39 is 0 Å². The van der Waals surface area contributed by atoms with E-state index in [4.69, 9.17) is 12.2 Å². The highest BCUT2D eigenvalue weighted by Crippen LogP contribution is 2.22. The topological polar surface area (TPSA) is 46.5 Å². The summed E-state index contributed by atoms with van der Waals surface area (Å²) in [6.45, 7) is 4.34. The molecule has 1 N–H and O–H groups in total. The minimum Gasteiger partial charge on any atom is -0.297 e. The van der Waals surface area contributed by atoms with Crippen LogP contribution < -0.4 is 0 Å². The van der Waals surface area contributed by atoms with Crippen LogP contribution in [-0.4, -0.2) is 19.7 Å². The molecule has 0 saturated heterocycles. The predicted octanol–water partition coefficient (Wildman–Crippen LogP) is 3.36. The van der Waals surface area contributed by atoms with E-state index in [1.807, 2.05) is 12.1 Å². The van der Waals surface area contributed by atoms with Crippen LogP contribution in [0.3, 0.4) is 0 Å². The van der Waals surface area contributed by atoms with E-state index in [1.54, 1.807) is 12.4 Å². The highest BCUT2D eigenvalue weighted by atomic mass is 32.1. The third-order valence-corrected chi connectivity index (χ3v) is 3.08. The molecular formula is C12H16N4S. The number of pyridine rings is 1. The van der Waals surface area contributed by atoms with E-state index >= 15 is 0 Å². The van der Waals surface area contributed by atoms with Gasteiger partial charge in [0.15, 0.2) is 10.6 Å². The number of hydrogen-bond donors (Lipinski definition) is 1. The molecule has 0 aliphatic heterocycles. The summed E-state index contributed by atoms with van der Waals surface area (Å²) in [4.78, 5) is 4.02. The van der Waals surface area contributed by atoms with Crippen LogP contribution in [0.5, 0.6) is 0 Å². The Morgan fingerprint density at radius 3 is 2.76 bits per heavy atom. The van der Waals surface area contributed by atoms with Crippen LogP contribution in [0.4, 0.5) is 0 Å². The summed E-state index contributed by atoms with van der Waals surface area (Å²) in [7, 11) is 0. The van der Waals surface area contributed by atoms with E-state index in [-0.39, 0.29) is 0 Å². The van der Waals surface area contributed by atoms with Crippen LogP contribution in [0, 0.1) is 4.77 Å². The van der Waals surface area contributed by atoms with Crippen molar-refractivity contribution in [2.45, 2.75) is 32.7 Å². The lowest BCUT2D eigenvalue weighted by molar-refractivity contribution is 0.498. The van der Waals surface area contributed by atoms with Crippen LogP contribution in [-0.2, 0) is 0 Å². The lowest BCUT2D eigenvalue weighted by Gasteiger charge is -2.14. The lowest BCUT2D eigenvalue weighted by Crippen LogP contribution is -2.07. The molecule has 0 aromatic carbocycles. The number of nitrogens with one attached hydrogen (secondary N) is 1. The van der Waals surface area contributed by atoms with Crippen molar-refractivity contribution in [1.29, 1.82) is 0 Å². The molecule has 0 aliphatic rings. The van der Waals surface area contributed by atoms with Gasteiger partial charge in [-0.05, 0) is 37.7 Å². The van der Waals surface area contributed by atoms with Crippen molar-refractivity contribution in [3.05, 3.63) is 29.3 Å². The van der Waals surface area contributed by atoms with Gasteiger partial charge in [0.1, 0.15) is 0 Å². The van der Waals surface area contributed by atoms with Crippen LogP contribution in [0.2, 0.25) is 0 Å². The summed E-state index contributed by atoms with van der Waals surface area (Å²) >= 11 is 5.29. The van der Waals surface area contributed by atoms with Gasteiger partial charge in [-0.2, -0.15) is 5.10 Å². The largest absolute Gasteiger partial charge is 0.297 e. The van der Waals surface area contributed by atoms with Crippen LogP contribution in [0.1, 0.15) is 32.7 Å². The Bertz CT molecular complexity index is 529. The van der Waals surface area contributed by atoms with Gasteiger partial charge in [0.25, 0.3) is 0 Å². The molecule has 2 rings (SSSR count). The van der Waals surface area contributed by atoms with E-state index in [0.29, 0.717) is 10.8 Å². The summed E-state index contributed by atoms with van der Waals surface area (Å²) in [5.41, 5.74) is 1.04. The second-order valence-electron chi connectivity index (χ2n) is 4.10. The van der Waals surface area contributed by atoms with Crippen LogP contribution in [0.25, 0.3) is 11.4 Å². The molecule has 90 valence electrons. The van der Waals surface area contributed by atoms with Crippen LogP contribution in [0.15, 0.2) is 24.5 Å². The second kappa shape index (κ2) is 5.23. The van der Waals surface area contributed by atoms with Crippen molar-refractivity contribution in [2.75, 3.05) is 0 Å². The smallest absolute Gasteiger partial charge is 0.195 e. The van der Waals surface area contributed by atoms with Gasteiger partial charge in [-0.15, -0.1) is 0 Å². The molecule has 0 radical (unpaired) electrons. The molecule has 0 fully saturated rings. The maximum Gasteiger partial charge on any atom is 0.195 e. The first kappa shape index (κ1) is 12.0. The maximum absolute atomic E-state index is 5.29. The van der Waals surface area contributed by atoms with Gasteiger partial charge in [-0.25, -0.2) is 0 Å². The molecule has 1 atom stereocenters. The Balaban J connectivity index is 2.46. The first-order valence-electron chi connectivity index (χ1n) is 5.81. The number of nitrogens with zero attached hydrogens (tertiary/aromatic N) is 3. The lowest BCUT2D eigenvalue weighted by atomic mass is 10.2. The Labute approximate surface area is 106 Å². The highest BCUT2D eigenvalue weighted by Gasteiger charge is 2.13. The van der Waals surface area contributed by atoms with Crippen molar-refractivity contribution >= 4 is 12.2 Å². The first-order chi connectivity index (χ1) is 8.24. The van der Waals surface area contributed by atoms with Gasteiger partial charge < -0.3 is 0 Å². The van der Waals surface area contributed by atoms with Crippen molar-refractivity contribution in [2.24, 2.45) is 0 Å². The Morgan fingerprint density at radius 2 is 2.12 bits per heavy atom. The molecule has 4 nitrogen and oxygen atoms in total. The molecule has 5 heteroatoms. The van der Waals surface area contributed by atoms with Gasteiger partial charge in [-0.1, -0.05) is 13.3 Å². The summed E-state index contributed by atoms with van der Waals surface area (Å²) < 4.78 is 2.76. The van der Waals surface area contributed by atoms with Gasteiger partial charge in [0.05, 0.1) is 0 Å². The summed E-state index contributed by atoms with van der Waals surface area (Å²) in [5.74, 6) is 0.887. The molecular weight excluding hydrogens is 232 g/mol. The Kier molecular flexibility index (Phi) is 3.68. The number of hydrogen-bond acceptors (Lipinski definition) is 3. The SMILES string of the molecule is CCCC(C)n1c(-c2ccncc2)n[nH]c1=S. The monoisotopic (exact) mass is 248 g/mol. The maximum atomic E-state index is 5.29. The van der Waals surface area contributed by atoms with Gasteiger partial charge in [-0.3, -0.25) is 14.6 Å². The van der Waals surface area contributed by atoms with E-state index in [9.17, 15) is 0 Å². The molecule has 2 heterocycles. The number of H-pyrrole nitrogens is 1. The number of rotatable bonds is 4. The van der Waals surface area contributed by atoms with Crippen molar-refractivity contribution in [1.82, 2.24) is 19.7 Å². The van der Waals surface area contributed by atoms with Crippen LogP contribution >= 0.6 is 12.2 Å². The molecule has 0 aliphatic carbocycles. The summed E-state index contributed by atoms with van der Waals surface area (Å²) in [5, 5.41) is 7.18. The number of aromatic nitrogens is 4. The fraction of sp³-hybridized carbons (Fsp3) is 0.417. The Morgan fingerprint density at radius 1 is 1.41 bits per heavy atom. The zero-order valence-corrected chi connectivity index (χ0v) is 10.9. The number of aromatic amines is 1. The zero-order valence-electron chi connectivity index (χ0n) is 10.1. The molecule has 0 amide bonds. The average molecular weight is 248 g/mol. The van der Waals surface area contributed by atoms with Crippen molar-refractivity contribution in [3.63, 3.8) is 0 Å². The quantitative estimate of drug-likeness (QED) is 0.844. The molecule has 0 bridgehead atoms. The van der Waals surface area contributed by atoms with E-state index in [2.05, 4.69) is 33.6 Å². The molecule has 2 aromatic rings. The summed E-state index contributed by atoms with van der Waals surface area (Å²) in [6.07, 6.45) is 5.75. The minimum atomic E-state index is 0.356. The molecule has 2 aromatic heterocycles. The fourth-order valence-corrected chi connectivity index (χ4v) is 2.28. The first-order valence-corrected chi connectivity index (χ1v) is 6.22. The standard InChI is InChI=1S/C12H16N4S/c1-3-4-9(2)16-11(14-15-12(16)17)10-5-7-13-8-6-10/h5-9H,3-4H2,1-2H3,(H,15,17). The Hall–Kier alpha value is -1.49. The second-order valence-corrected chi connectivity index (χ2v) is 4.48. The van der Waals surface area contributed by atoms with Gasteiger partial charge >= 0.3 is 0 Å². The molecule has 0 saturated carbocycles. The highest BCUT2D eigenvalue weighted by molar-refractivity contribution is 7.71.